The van der Waals surface area contributed by atoms with Crippen LogP contribution in [0.25, 0.3) is 0 Å². The summed E-state index contributed by atoms with van der Waals surface area (Å²) in [4.78, 5) is 4.20. The quantitative estimate of drug-likeness (QED) is 0.443. The Balaban J connectivity index is 0.00000225. The molecule has 2 N–H and O–H groups in total. The lowest BCUT2D eigenvalue weighted by molar-refractivity contribution is 0.572. The maximum absolute atomic E-state index is 4.20. The van der Waals surface area contributed by atoms with Gasteiger partial charge in [-0.3, -0.25) is 4.99 Å². The second-order valence-electron chi connectivity index (χ2n) is 4.84. The molecule has 0 spiro atoms. The van der Waals surface area contributed by atoms with Crippen molar-refractivity contribution >= 4 is 29.9 Å². The van der Waals surface area contributed by atoms with Gasteiger partial charge in [-0.15, -0.1) is 24.0 Å². The largest absolute Gasteiger partial charge is 0.356 e. The molecule has 4 heteroatoms. The Morgan fingerprint density at radius 2 is 1.88 bits per heavy atom. The lowest BCUT2D eigenvalue weighted by Crippen LogP contribution is -2.38. The molecule has 0 saturated heterocycles. The molecular weight excluding hydrogens is 313 g/mol. The molecule has 0 aromatic carbocycles. The van der Waals surface area contributed by atoms with Crippen LogP contribution in [0.2, 0.25) is 0 Å². The lowest BCUT2D eigenvalue weighted by Gasteiger charge is -2.12. The second kappa shape index (κ2) is 9.07. The fourth-order valence-corrected chi connectivity index (χ4v) is 1.50. The number of rotatable bonds is 6. The number of nitrogens with zero attached hydrogens (tertiary/aromatic N) is 1. The van der Waals surface area contributed by atoms with E-state index in [1.54, 1.807) is 0 Å². The van der Waals surface area contributed by atoms with Gasteiger partial charge in [0.15, 0.2) is 5.96 Å². The van der Waals surface area contributed by atoms with E-state index in [2.05, 4.69) is 29.5 Å². The predicted octanol–water partition coefficient (Wildman–Crippen LogP) is 2.62. The van der Waals surface area contributed by atoms with Crippen molar-refractivity contribution in [3.8, 4) is 0 Å². The van der Waals surface area contributed by atoms with Crippen LogP contribution in [0, 0.1) is 11.8 Å². The molecule has 1 aliphatic rings. The summed E-state index contributed by atoms with van der Waals surface area (Å²) in [7, 11) is 1.84. The van der Waals surface area contributed by atoms with E-state index in [0.717, 1.165) is 30.9 Å². The first kappa shape index (κ1) is 16.0. The van der Waals surface area contributed by atoms with Gasteiger partial charge in [-0.2, -0.15) is 0 Å². The summed E-state index contributed by atoms with van der Waals surface area (Å²) >= 11 is 0. The highest BCUT2D eigenvalue weighted by molar-refractivity contribution is 14.0. The third-order valence-corrected chi connectivity index (χ3v) is 2.78. The van der Waals surface area contributed by atoms with Crippen molar-refractivity contribution in [3.05, 3.63) is 0 Å². The van der Waals surface area contributed by atoms with Crippen molar-refractivity contribution in [2.45, 2.75) is 39.5 Å². The average molecular weight is 339 g/mol. The summed E-state index contributed by atoms with van der Waals surface area (Å²) < 4.78 is 0. The van der Waals surface area contributed by atoms with E-state index in [9.17, 15) is 0 Å². The molecular formula is C12H26IN3. The SMILES string of the molecule is CN=C(NCCC(C)C)NCCC1CC1.I. The molecule has 1 saturated carbocycles. The van der Waals surface area contributed by atoms with Gasteiger partial charge in [0.25, 0.3) is 0 Å². The zero-order valence-corrected chi connectivity index (χ0v) is 13.1. The van der Waals surface area contributed by atoms with Gasteiger partial charge in [0.05, 0.1) is 0 Å². The number of aliphatic imine (C=N–C) groups is 1. The maximum atomic E-state index is 4.20. The minimum Gasteiger partial charge on any atom is -0.356 e. The van der Waals surface area contributed by atoms with Crippen LogP contribution in [0.4, 0.5) is 0 Å². The van der Waals surface area contributed by atoms with Crippen molar-refractivity contribution in [2.75, 3.05) is 20.1 Å². The van der Waals surface area contributed by atoms with Crippen LogP contribution >= 0.6 is 24.0 Å². The van der Waals surface area contributed by atoms with Gasteiger partial charge >= 0.3 is 0 Å². The molecule has 0 atom stereocenters. The zero-order valence-electron chi connectivity index (χ0n) is 10.8. The summed E-state index contributed by atoms with van der Waals surface area (Å²) in [5, 5.41) is 6.69. The molecule has 0 aliphatic heterocycles. The standard InChI is InChI=1S/C12H25N3.HI/c1-10(2)6-8-14-12(13-3)15-9-7-11-4-5-11;/h10-11H,4-9H2,1-3H3,(H2,13,14,15);1H. The Bertz CT molecular complexity index is 190. The number of hydrogen-bond donors (Lipinski definition) is 2. The fourth-order valence-electron chi connectivity index (χ4n) is 1.50. The summed E-state index contributed by atoms with van der Waals surface area (Å²) in [5.41, 5.74) is 0. The Labute approximate surface area is 117 Å². The molecule has 0 aromatic rings. The Kier molecular flexibility index (Phi) is 9.07. The van der Waals surface area contributed by atoms with E-state index in [1.807, 2.05) is 7.05 Å². The minimum atomic E-state index is 0. The highest BCUT2D eigenvalue weighted by Crippen LogP contribution is 2.31. The number of hydrogen-bond acceptors (Lipinski definition) is 1. The zero-order chi connectivity index (χ0) is 11.1. The Morgan fingerprint density at radius 3 is 2.38 bits per heavy atom. The molecule has 0 amide bonds. The molecule has 0 unspecified atom stereocenters. The van der Waals surface area contributed by atoms with Crippen LogP contribution in [0.3, 0.4) is 0 Å². The first-order valence-electron chi connectivity index (χ1n) is 6.17. The lowest BCUT2D eigenvalue weighted by atomic mass is 10.1. The van der Waals surface area contributed by atoms with E-state index in [0.29, 0.717) is 0 Å². The van der Waals surface area contributed by atoms with Gasteiger partial charge in [-0.1, -0.05) is 26.7 Å². The van der Waals surface area contributed by atoms with Crippen LogP contribution in [0.15, 0.2) is 4.99 Å². The Morgan fingerprint density at radius 1 is 1.25 bits per heavy atom. The van der Waals surface area contributed by atoms with Gasteiger partial charge in [0.2, 0.25) is 0 Å². The highest BCUT2D eigenvalue weighted by Gasteiger charge is 2.20. The molecule has 16 heavy (non-hydrogen) atoms. The normalized spacial score (nSPS) is 15.9. The molecule has 0 aromatic heterocycles. The van der Waals surface area contributed by atoms with Crippen molar-refractivity contribution in [1.82, 2.24) is 10.6 Å². The summed E-state index contributed by atoms with van der Waals surface area (Å²) in [5.74, 6) is 2.70. The van der Waals surface area contributed by atoms with Crippen molar-refractivity contribution < 1.29 is 0 Å². The summed E-state index contributed by atoms with van der Waals surface area (Å²) in [6.07, 6.45) is 5.36. The summed E-state index contributed by atoms with van der Waals surface area (Å²) in [6, 6.07) is 0. The first-order valence-corrected chi connectivity index (χ1v) is 6.17. The summed E-state index contributed by atoms with van der Waals surface area (Å²) in [6.45, 7) is 6.56. The van der Waals surface area contributed by atoms with E-state index < -0.39 is 0 Å². The monoisotopic (exact) mass is 339 g/mol. The maximum Gasteiger partial charge on any atom is 0.190 e. The highest BCUT2D eigenvalue weighted by atomic mass is 127. The van der Waals surface area contributed by atoms with E-state index in [1.165, 1.54) is 25.7 Å². The molecule has 96 valence electrons. The van der Waals surface area contributed by atoms with Crippen LogP contribution in [-0.4, -0.2) is 26.1 Å². The average Bonchev–Trinajstić information content (AvgIpc) is 2.99. The van der Waals surface area contributed by atoms with E-state index >= 15 is 0 Å². The van der Waals surface area contributed by atoms with E-state index in [-0.39, 0.29) is 24.0 Å². The first-order chi connectivity index (χ1) is 7.22. The molecule has 1 rings (SSSR count). The van der Waals surface area contributed by atoms with Gasteiger partial charge in [-0.05, 0) is 24.7 Å². The molecule has 0 bridgehead atoms. The molecule has 0 heterocycles. The molecule has 0 radical (unpaired) electrons. The van der Waals surface area contributed by atoms with Crippen LogP contribution in [-0.2, 0) is 0 Å². The van der Waals surface area contributed by atoms with Gasteiger partial charge in [0.1, 0.15) is 0 Å². The topological polar surface area (TPSA) is 36.4 Å². The molecule has 1 fully saturated rings. The van der Waals surface area contributed by atoms with Crippen molar-refractivity contribution in [2.24, 2.45) is 16.8 Å². The minimum absolute atomic E-state index is 0. The second-order valence-corrected chi connectivity index (χ2v) is 4.84. The van der Waals surface area contributed by atoms with Crippen molar-refractivity contribution in [3.63, 3.8) is 0 Å². The van der Waals surface area contributed by atoms with Gasteiger partial charge in [0, 0.05) is 20.1 Å². The molecule has 3 nitrogen and oxygen atoms in total. The van der Waals surface area contributed by atoms with Crippen LogP contribution in [0.1, 0.15) is 39.5 Å². The van der Waals surface area contributed by atoms with Crippen molar-refractivity contribution in [1.29, 1.82) is 0 Å². The van der Waals surface area contributed by atoms with E-state index in [4.69, 9.17) is 0 Å². The predicted molar refractivity (Wildman–Crippen MR) is 81.6 cm³/mol. The third kappa shape index (κ3) is 8.19. The fraction of sp³-hybridized carbons (Fsp3) is 0.917. The molecule has 1 aliphatic carbocycles. The van der Waals surface area contributed by atoms with Crippen LogP contribution < -0.4 is 10.6 Å². The van der Waals surface area contributed by atoms with Crippen LogP contribution in [0.5, 0.6) is 0 Å². The van der Waals surface area contributed by atoms with Gasteiger partial charge < -0.3 is 10.6 Å². The Hall–Kier alpha value is 0. The number of halogens is 1. The smallest absolute Gasteiger partial charge is 0.190 e. The van der Waals surface area contributed by atoms with Gasteiger partial charge in [-0.25, -0.2) is 0 Å². The third-order valence-electron chi connectivity index (χ3n) is 2.78. The number of nitrogens with one attached hydrogen (secondary N) is 2. The number of guanidine groups is 1.